The summed E-state index contributed by atoms with van der Waals surface area (Å²) in [5, 5.41) is 3.69. The summed E-state index contributed by atoms with van der Waals surface area (Å²) in [7, 11) is 0. The Morgan fingerprint density at radius 3 is 2.61 bits per heavy atom. The molecule has 0 fully saturated rings. The van der Waals surface area contributed by atoms with Gasteiger partial charge in [0.2, 0.25) is 0 Å². The molecule has 1 heterocycles. The molecule has 0 aliphatic heterocycles. The van der Waals surface area contributed by atoms with Crippen LogP contribution in [0.5, 0.6) is 5.75 Å². The monoisotopic (exact) mass is 349 g/mol. The molecule has 23 heavy (non-hydrogen) atoms. The minimum Gasteiger partial charge on any atom is -0.422 e. The maximum absolute atomic E-state index is 12.0. The third-order valence-corrected chi connectivity index (χ3v) is 3.72. The number of hydrogen-bond acceptors (Lipinski definition) is 4. The van der Waals surface area contributed by atoms with Crippen LogP contribution in [0.2, 0.25) is 10.0 Å². The Kier molecular flexibility index (Phi) is 4.23. The van der Waals surface area contributed by atoms with E-state index in [1.165, 1.54) is 6.07 Å². The fourth-order valence-corrected chi connectivity index (χ4v) is 2.28. The summed E-state index contributed by atoms with van der Waals surface area (Å²) in [6.07, 6.45) is -0.765. The summed E-state index contributed by atoms with van der Waals surface area (Å²) >= 11 is 11.7. The lowest BCUT2D eigenvalue weighted by molar-refractivity contribution is 0.215. The second-order valence-electron chi connectivity index (χ2n) is 4.57. The molecule has 116 valence electrons. The van der Waals surface area contributed by atoms with E-state index in [-0.39, 0.29) is 5.75 Å². The normalized spacial score (nSPS) is 10.5. The first-order valence-corrected chi connectivity index (χ1v) is 7.25. The lowest BCUT2D eigenvalue weighted by Gasteiger charge is -2.08. The average Bonchev–Trinajstić information content (AvgIpc) is 2.51. The molecule has 0 aliphatic rings. The van der Waals surface area contributed by atoms with E-state index in [9.17, 15) is 9.59 Å². The fraction of sp³-hybridized carbons (Fsp3) is 0. The molecule has 0 aliphatic carbocycles. The first kappa shape index (κ1) is 15.4. The van der Waals surface area contributed by atoms with E-state index in [1.54, 1.807) is 36.4 Å². The highest BCUT2D eigenvalue weighted by atomic mass is 35.5. The van der Waals surface area contributed by atoms with Gasteiger partial charge < -0.3 is 9.15 Å². The highest BCUT2D eigenvalue weighted by molar-refractivity contribution is 6.42. The minimum absolute atomic E-state index is 0.106. The van der Waals surface area contributed by atoms with Crippen LogP contribution in [0.25, 0.3) is 11.0 Å². The molecular formula is C16H9Cl2NO4. The molecule has 0 saturated carbocycles. The number of rotatable bonds is 2. The number of nitrogens with one attached hydrogen (secondary N) is 1. The molecule has 2 aromatic carbocycles. The smallest absolute Gasteiger partial charge is 0.417 e. The maximum Gasteiger partial charge on any atom is 0.417 e. The van der Waals surface area contributed by atoms with E-state index in [4.69, 9.17) is 32.4 Å². The second kappa shape index (κ2) is 6.32. The van der Waals surface area contributed by atoms with Crippen LogP contribution in [0.1, 0.15) is 0 Å². The Balaban J connectivity index is 1.85. The quantitative estimate of drug-likeness (QED) is 0.680. The summed E-state index contributed by atoms with van der Waals surface area (Å²) in [6.45, 7) is 0. The zero-order chi connectivity index (χ0) is 16.4. The maximum atomic E-state index is 12.0. The molecule has 1 amide bonds. The van der Waals surface area contributed by atoms with Crippen molar-refractivity contribution < 1.29 is 13.9 Å². The third kappa shape index (κ3) is 3.47. The molecule has 7 heteroatoms. The van der Waals surface area contributed by atoms with Crippen molar-refractivity contribution in [2.24, 2.45) is 0 Å². The molecule has 0 atom stereocenters. The molecule has 0 unspecified atom stereocenters. The summed E-state index contributed by atoms with van der Waals surface area (Å²) < 4.78 is 10.2. The zero-order valence-electron chi connectivity index (χ0n) is 11.5. The fourth-order valence-electron chi connectivity index (χ4n) is 1.98. The van der Waals surface area contributed by atoms with Crippen LogP contribution in [-0.4, -0.2) is 6.09 Å². The third-order valence-electron chi connectivity index (χ3n) is 2.98. The van der Waals surface area contributed by atoms with Crippen molar-refractivity contribution in [2.75, 3.05) is 5.32 Å². The first-order chi connectivity index (χ1) is 11.0. The molecule has 1 N–H and O–H groups in total. The van der Waals surface area contributed by atoms with Crippen LogP contribution < -0.4 is 15.7 Å². The molecule has 3 aromatic rings. The van der Waals surface area contributed by atoms with Crippen LogP contribution in [0.15, 0.2) is 57.7 Å². The van der Waals surface area contributed by atoms with Crippen LogP contribution >= 0.6 is 23.2 Å². The minimum atomic E-state index is -0.765. The molecule has 0 bridgehead atoms. The highest BCUT2D eigenvalue weighted by Crippen LogP contribution is 2.26. The molecule has 0 radical (unpaired) electrons. The number of amides is 1. The molecule has 5 nitrogen and oxygen atoms in total. The van der Waals surface area contributed by atoms with Gasteiger partial charge in [-0.05, 0) is 30.3 Å². The lowest BCUT2D eigenvalue weighted by atomic mass is 10.2. The van der Waals surface area contributed by atoms with Crippen molar-refractivity contribution in [3.05, 3.63) is 69.0 Å². The van der Waals surface area contributed by atoms with Crippen molar-refractivity contribution in [3.8, 4) is 5.75 Å². The van der Waals surface area contributed by atoms with Crippen molar-refractivity contribution in [3.63, 3.8) is 0 Å². The zero-order valence-corrected chi connectivity index (χ0v) is 13.0. The van der Waals surface area contributed by atoms with Gasteiger partial charge in [-0.3, -0.25) is 5.32 Å². The number of anilines is 1. The number of halogens is 2. The molecule has 0 saturated heterocycles. The number of carbonyl (C=O) groups excluding carboxylic acids is 1. The predicted molar refractivity (Wildman–Crippen MR) is 88.6 cm³/mol. The van der Waals surface area contributed by atoms with Gasteiger partial charge >= 0.3 is 11.7 Å². The van der Waals surface area contributed by atoms with E-state index < -0.39 is 11.7 Å². The molecule has 0 spiro atoms. The van der Waals surface area contributed by atoms with E-state index in [1.807, 2.05) is 0 Å². The van der Waals surface area contributed by atoms with E-state index >= 15 is 0 Å². The highest BCUT2D eigenvalue weighted by Gasteiger charge is 2.11. The number of fused-ring (bicyclic) bond motifs is 1. The van der Waals surface area contributed by atoms with Gasteiger partial charge in [-0.15, -0.1) is 0 Å². The molecule has 3 rings (SSSR count). The Bertz CT molecular complexity index is 952. The summed E-state index contributed by atoms with van der Waals surface area (Å²) in [6, 6.07) is 12.5. The van der Waals surface area contributed by atoms with E-state index in [0.29, 0.717) is 26.7 Å². The number of carbonyl (C=O) groups is 1. The molecular weight excluding hydrogens is 341 g/mol. The van der Waals surface area contributed by atoms with Crippen molar-refractivity contribution >= 4 is 46.0 Å². The van der Waals surface area contributed by atoms with Crippen LogP contribution in [0.4, 0.5) is 10.5 Å². The predicted octanol–water partition coefficient (Wildman–Crippen LogP) is 4.71. The number of ether oxygens (including phenoxy) is 1. The van der Waals surface area contributed by atoms with Gasteiger partial charge in [0, 0.05) is 5.69 Å². The Morgan fingerprint density at radius 2 is 1.83 bits per heavy atom. The van der Waals surface area contributed by atoms with Crippen LogP contribution in [0, 0.1) is 0 Å². The lowest BCUT2D eigenvalue weighted by Crippen LogP contribution is -2.17. The van der Waals surface area contributed by atoms with Gasteiger partial charge in [-0.1, -0.05) is 35.3 Å². The topological polar surface area (TPSA) is 68.5 Å². The largest absolute Gasteiger partial charge is 0.422 e. The van der Waals surface area contributed by atoms with E-state index in [0.717, 1.165) is 6.07 Å². The van der Waals surface area contributed by atoms with Gasteiger partial charge in [0.1, 0.15) is 5.58 Å². The summed E-state index contributed by atoms with van der Waals surface area (Å²) in [5.74, 6) is 0.106. The van der Waals surface area contributed by atoms with Crippen molar-refractivity contribution in [2.45, 2.75) is 0 Å². The summed E-state index contributed by atoms with van der Waals surface area (Å²) in [4.78, 5) is 23.5. The SMILES string of the molecule is O=C(Nc1ccc(Cl)c(Cl)c1)Oc1cc(=O)oc2ccccc12. The number of para-hydroxylation sites is 1. The second-order valence-corrected chi connectivity index (χ2v) is 5.38. The van der Waals surface area contributed by atoms with E-state index in [2.05, 4.69) is 5.32 Å². The Morgan fingerprint density at radius 1 is 1.04 bits per heavy atom. The number of hydrogen-bond donors (Lipinski definition) is 1. The Labute approximate surface area is 140 Å². The van der Waals surface area contributed by atoms with Crippen LogP contribution in [-0.2, 0) is 0 Å². The first-order valence-electron chi connectivity index (χ1n) is 6.50. The van der Waals surface area contributed by atoms with Gasteiger partial charge in [-0.25, -0.2) is 9.59 Å². The average molecular weight is 350 g/mol. The van der Waals surface area contributed by atoms with Gasteiger partial charge in [0.05, 0.1) is 21.5 Å². The Hall–Kier alpha value is -2.50. The van der Waals surface area contributed by atoms with Crippen LogP contribution in [0.3, 0.4) is 0 Å². The van der Waals surface area contributed by atoms with Gasteiger partial charge in [0.25, 0.3) is 0 Å². The van der Waals surface area contributed by atoms with Crippen molar-refractivity contribution in [1.82, 2.24) is 0 Å². The van der Waals surface area contributed by atoms with Gasteiger partial charge in [0.15, 0.2) is 5.75 Å². The summed E-state index contributed by atoms with van der Waals surface area (Å²) in [5.41, 5.74) is 0.134. The standard InChI is InChI=1S/C16H9Cl2NO4/c17-11-6-5-9(7-12(11)18)19-16(21)23-14-8-15(20)22-13-4-2-1-3-10(13)14/h1-8H,(H,19,21). The number of benzene rings is 2. The van der Waals surface area contributed by atoms with Crippen molar-refractivity contribution in [1.29, 1.82) is 0 Å². The van der Waals surface area contributed by atoms with Gasteiger partial charge in [-0.2, -0.15) is 0 Å². The molecule has 1 aromatic heterocycles.